The Morgan fingerprint density at radius 2 is 2.00 bits per heavy atom. The highest BCUT2D eigenvalue weighted by Gasteiger charge is 2.42. The van der Waals surface area contributed by atoms with Crippen molar-refractivity contribution in [2.75, 3.05) is 6.61 Å². The molecule has 1 aromatic carbocycles. The summed E-state index contributed by atoms with van der Waals surface area (Å²) in [5.41, 5.74) is 2.11. The quantitative estimate of drug-likeness (QED) is 0.542. The average molecular weight is 449 g/mol. The first-order valence-corrected chi connectivity index (χ1v) is 10.7. The Bertz CT molecular complexity index is 1000. The first kappa shape index (κ1) is 21.2. The van der Waals surface area contributed by atoms with Crippen molar-refractivity contribution in [3.05, 3.63) is 57.9 Å². The molecule has 0 amide bonds. The number of aliphatic hydroxyl groups is 3. The fraction of sp³-hybridized carbons (Fsp3) is 0.400. The van der Waals surface area contributed by atoms with Crippen LogP contribution in [0, 0.1) is 5.92 Å². The molecule has 0 aliphatic carbocycles. The van der Waals surface area contributed by atoms with Crippen molar-refractivity contribution in [2.45, 2.75) is 37.8 Å². The average Bonchev–Trinajstić information content (AvgIpc) is 3.23. The van der Waals surface area contributed by atoms with Crippen molar-refractivity contribution in [3.8, 4) is 10.7 Å². The zero-order chi connectivity index (χ0) is 21.3. The smallest absolute Gasteiger partial charge is 0.167 e. The maximum atomic E-state index is 10.5. The topological polar surface area (TPSA) is 121 Å². The van der Waals surface area contributed by atoms with Crippen molar-refractivity contribution in [2.24, 2.45) is 5.92 Å². The summed E-state index contributed by atoms with van der Waals surface area (Å²) in [5, 5.41) is 40.8. The lowest BCUT2D eigenvalue weighted by atomic mass is 9.85. The van der Waals surface area contributed by atoms with Gasteiger partial charge in [-0.2, -0.15) is 0 Å². The third kappa shape index (κ3) is 4.22. The molecule has 1 aliphatic rings. The van der Waals surface area contributed by atoms with Crippen molar-refractivity contribution in [1.82, 2.24) is 20.2 Å². The Hall–Kier alpha value is -2.01. The van der Waals surface area contributed by atoms with Gasteiger partial charge >= 0.3 is 0 Å². The summed E-state index contributed by atoms with van der Waals surface area (Å²) in [6, 6.07) is 5.31. The second-order valence-corrected chi connectivity index (χ2v) is 8.71. The van der Waals surface area contributed by atoms with Crippen LogP contribution in [0.3, 0.4) is 0 Å². The number of aliphatic hydroxyl groups excluding tert-OH is 3. The van der Waals surface area contributed by atoms with Gasteiger partial charge in [0.05, 0.1) is 25.0 Å². The molecule has 0 radical (unpaired) electrons. The van der Waals surface area contributed by atoms with Gasteiger partial charge in [0.2, 0.25) is 0 Å². The summed E-state index contributed by atoms with van der Waals surface area (Å²) in [6.45, 7) is 1.50. The number of benzene rings is 1. The minimum atomic E-state index is -1.11. The normalized spacial score (nSPS) is 26.6. The molecule has 0 saturated carbocycles. The largest absolute Gasteiger partial charge is 0.394 e. The van der Waals surface area contributed by atoms with E-state index in [1.54, 1.807) is 37.6 Å². The standard InChI is InChI=1S/C20H21ClN4O4S/c1-10-15(9-26)29-19(18(28)17(10)27)11-2-3-13(21)12(6-11)7-16-24-25-20(30-16)14-8-22-4-5-23-14/h2-6,8,10,15,17-19,26-28H,7,9H2,1H3/t10-,15-,17+,18-,19+/m1/s1. The second kappa shape index (κ2) is 9.01. The predicted molar refractivity (Wildman–Crippen MR) is 111 cm³/mol. The Morgan fingerprint density at radius 3 is 2.73 bits per heavy atom. The highest BCUT2D eigenvalue weighted by atomic mass is 35.5. The van der Waals surface area contributed by atoms with Crippen LogP contribution in [0.5, 0.6) is 0 Å². The summed E-state index contributed by atoms with van der Waals surface area (Å²) in [7, 11) is 0. The SMILES string of the molecule is C[C@H]1[C@H](O)[C@@H](O)[C@H](c2ccc(Cl)c(Cc3nnc(-c4cnccn4)s3)c2)O[C@@H]1CO. The molecule has 8 nitrogen and oxygen atoms in total. The Morgan fingerprint density at radius 1 is 1.17 bits per heavy atom. The number of nitrogens with zero attached hydrogens (tertiary/aromatic N) is 4. The van der Waals surface area contributed by atoms with Crippen LogP contribution in [0.1, 0.15) is 29.2 Å². The minimum Gasteiger partial charge on any atom is -0.394 e. The van der Waals surface area contributed by atoms with Gasteiger partial charge in [0.15, 0.2) is 5.01 Å². The van der Waals surface area contributed by atoms with Gasteiger partial charge in [-0.3, -0.25) is 9.97 Å². The molecule has 3 aromatic rings. The van der Waals surface area contributed by atoms with Crippen LogP contribution in [0.2, 0.25) is 5.02 Å². The Kier molecular flexibility index (Phi) is 6.37. The minimum absolute atomic E-state index is 0.238. The number of ether oxygens (including phenoxy) is 1. The van der Waals surface area contributed by atoms with Gasteiger partial charge in [-0.25, -0.2) is 0 Å². The van der Waals surface area contributed by atoms with E-state index in [0.29, 0.717) is 27.7 Å². The van der Waals surface area contributed by atoms with Crippen LogP contribution in [-0.2, 0) is 11.2 Å². The lowest BCUT2D eigenvalue weighted by Gasteiger charge is -2.41. The molecular formula is C20H21ClN4O4S. The van der Waals surface area contributed by atoms with E-state index in [-0.39, 0.29) is 12.5 Å². The van der Waals surface area contributed by atoms with E-state index in [9.17, 15) is 15.3 Å². The van der Waals surface area contributed by atoms with Crippen molar-refractivity contribution in [1.29, 1.82) is 0 Å². The van der Waals surface area contributed by atoms with E-state index in [4.69, 9.17) is 16.3 Å². The number of aromatic nitrogens is 4. The van der Waals surface area contributed by atoms with Crippen molar-refractivity contribution in [3.63, 3.8) is 0 Å². The zero-order valence-electron chi connectivity index (χ0n) is 16.1. The monoisotopic (exact) mass is 448 g/mol. The van der Waals surface area contributed by atoms with E-state index >= 15 is 0 Å². The van der Waals surface area contributed by atoms with Gasteiger partial charge in [0.1, 0.15) is 22.9 Å². The second-order valence-electron chi connectivity index (χ2n) is 7.24. The van der Waals surface area contributed by atoms with Crippen molar-refractivity contribution >= 4 is 22.9 Å². The fourth-order valence-corrected chi connectivity index (χ4v) is 4.50. The number of rotatable bonds is 5. The maximum Gasteiger partial charge on any atom is 0.167 e. The lowest BCUT2D eigenvalue weighted by molar-refractivity contribution is -0.207. The highest BCUT2D eigenvalue weighted by molar-refractivity contribution is 7.14. The molecule has 2 aromatic heterocycles. The molecule has 1 fully saturated rings. The molecule has 0 unspecified atom stereocenters. The maximum absolute atomic E-state index is 10.5. The Labute approximate surface area is 182 Å². The number of hydrogen-bond acceptors (Lipinski definition) is 9. The van der Waals surface area contributed by atoms with Crippen LogP contribution in [0.4, 0.5) is 0 Å². The molecule has 158 valence electrons. The van der Waals surface area contributed by atoms with Gasteiger partial charge < -0.3 is 20.1 Å². The van der Waals surface area contributed by atoms with E-state index in [2.05, 4.69) is 20.2 Å². The molecule has 0 spiro atoms. The molecule has 30 heavy (non-hydrogen) atoms. The fourth-order valence-electron chi connectivity index (χ4n) is 3.50. The summed E-state index contributed by atoms with van der Waals surface area (Å²) in [4.78, 5) is 8.27. The Balaban J connectivity index is 1.57. The summed E-state index contributed by atoms with van der Waals surface area (Å²) < 4.78 is 5.88. The third-order valence-corrected chi connectivity index (χ3v) is 6.59. The van der Waals surface area contributed by atoms with Crippen LogP contribution in [0.15, 0.2) is 36.8 Å². The van der Waals surface area contributed by atoms with Crippen molar-refractivity contribution < 1.29 is 20.1 Å². The number of hydrogen-bond donors (Lipinski definition) is 3. The van der Waals surface area contributed by atoms with Gasteiger partial charge in [0.25, 0.3) is 0 Å². The van der Waals surface area contributed by atoms with E-state index in [1.807, 2.05) is 6.07 Å². The molecule has 3 N–H and O–H groups in total. The summed E-state index contributed by atoms with van der Waals surface area (Å²) >= 11 is 7.79. The third-order valence-electron chi connectivity index (χ3n) is 5.28. The van der Waals surface area contributed by atoms with Crippen LogP contribution < -0.4 is 0 Å². The van der Waals surface area contributed by atoms with E-state index in [1.165, 1.54) is 11.3 Å². The first-order valence-electron chi connectivity index (χ1n) is 9.47. The molecule has 4 rings (SSSR count). The van der Waals surface area contributed by atoms with Gasteiger partial charge in [0, 0.05) is 29.8 Å². The summed E-state index contributed by atoms with van der Waals surface area (Å²) in [5.74, 6) is -0.381. The van der Waals surface area contributed by atoms with Crippen LogP contribution in [-0.4, -0.2) is 60.4 Å². The summed E-state index contributed by atoms with van der Waals surface area (Å²) in [6.07, 6.45) is 1.82. The van der Waals surface area contributed by atoms with E-state index < -0.39 is 24.4 Å². The number of halogens is 1. The first-order chi connectivity index (χ1) is 14.5. The molecule has 5 atom stereocenters. The van der Waals surface area contributed by atoms with Crippen LogP contribution in [0.25, 0.3) is 10.7 Å². The van der Waals surface area contributed by atoms with Gasteiger partial charge in [-0.15, -0.1) is 10.2 Å². The molecule has 3 heterocycles. The van der Waals surface area contributed by atoms with Gasteiger partial charge in [-0.05, 0) is 17.2 Å². The molecule has 1 saturated heterocycles. The molecule has 0 bridgehead atoms. The predicted octanol–water partition coefficient (Wildman–Crippen LogP) is 2.03. The molecular weight excluding hydrogens is 428 g/mol. The highest BCUT2D eigenvalue weighted by Crippen LogP contribution is 2.36. The van der Waals surface area contributed by atoms with E-state index in [0.717, 1.165) is 10.6 Å². The lowest BCUT2D eigenvalue weighted by Crippen LogP contribution is -2.50. The molecule has 10 heteroatoms. The zero-order valence-corrected chi connectivity index (χ0v) is 17.7. The molecule has 1 aliphatic heterocycles. The van der Waals surface area contributed by atoms with Crippen LogP contribution >= 0.6 is 22.9 Å². The van der Waals surface area contributed by atoms with Gasteiger partial charge in [-0.1, -0.05) is 42.0 Å².